The van der Waals surface area contributed by atoms with Crippen molar-refractivity contribution < 1.29 is 17.2 Å². The van der Waals surface area contributed by atoms with Gasteiger partial charge in [0.25, 0.3) is 0 Å². The van der Waals surface area contributed by atoms with Gasteiger partial charge < -0.3 is 10.7 Å². The van der Waals surface area contributed by atoms with E-state index in [1.54, 1.807) is 0 Å². The maximum atomic E-state index is 13.9. The Bertz CT molecular complexity index is 701. The second kappa shape index (κ2) is 5.65. The summed E-state index contributed by atoms with van der Waals surface area (Å²) in [7, 11) is -4.11. The molecule has 9 heteroatoms. The molecule has 2 aromatic rings. The molecule has 108 valence electrons. The highest BCUT2D eigenvalue weighted by Crippen LogP contribution is 2.20. The Balaban J connectivity index is 2.30. The van der Waals surface area contributed by atoms with Crippen LogP contribution in [0.25, 0.3) is 0 Å². The minimum atomic E-state index is -4.11. The van der Waals surface area contributed by atoms with Gasteiger partial charge in [-0.25, -0.2) is 26.9 Å². The average Bonchev–Trinajstić information content (AvgIpc) is 2.90. The molecule has 2 rings (SSSR count). The fraction of sp³-hybridized carbons (Fsp3) is 0.182. The molecule has 1 heterocycles. The summed E-state index contributed by atoms with van der Waals surface area (Å²) in [4.78, 5) is 5.78. The molecule has 0 aliphatic rings. The highest BCUT2D eigenvalue weighted by atomic mass is 32.2. The highest BCUT2D eigenvalue weighted by Gasteiger charge is 2.22. The van der Waals surface area contributed by atoms with Gasteiger partial charge in [0, 0.05) is 24.0 Å². The number of aromatic amines is 1. The van der Waals surface area contributed by atoms with Crippen LogP contribution in [-0.4, -0.2) is 18.4 Å². The van der Waals surface area contributed by atoms with Gasteiger partial charge in [-0.2, -0.15) is 0 Å². The lowest BCUT2D eigenvalue weighted by molar-refractivity contribution is 0.525. The van der Waals surface area contributed by atoms with Crippen LogP contribution < -0.4 is 10.5 Å². The average molecular weight is 302 g/mol. The lowest BCUT2D eigenvalue weighted by atomic mass is 10.2. The zero-order valence-corrected chi connectivity index (χ0v) is 11.0. The van der Waals surface area contributed by atoms with Crippen molar-refractivity contribution >= 4 is 10.0 Å². The molecule has 1 aromatic carbocycles. The summed E-state index contributed by atoms with van der Waals surface area (Å²) in [6.07, 6.45) is 2.81. The number of rotatable bonds is 5. The van der Waals surface area contributed by atoms with Crippen LogP contribution in [0, 0.1) is 11.6 Å². The Morgan fingerprint density at radius 2 is 2.10 bits per heavy atom. The van der Waals surface area contributed by atoms with Crippen molar-refractivity contribution in [2.24, 2.45) is 5.73 Å². The van der Waals surface area contributed by atoms with Gasteiger partial charge in [-0.15, -0.1) is 0 Å². The zero-order valence-electron chi connectivity index (χ0n) is 10.2. The van der Waals surface area contributed by atoms with Crippen LogP contribution in [0.3, 0.4) is 0 Å². The van der Waals surface area contributed by atoms with Crippen LogP contribution in [0.5, 0.6) is 0 Å². The largest absolute Gasteiger partial charge is 0.347 e. The lowest BCUT2D eigenvalue weighted by Gasteiger charge is -2.09. The second-order valence-electron chi connectivity index (χ2n) is 3.94. The number of aromatic nitrogens is 2. The van der Waals surface area contributed by atoms with E-state index in [1.807, 2.05) is 0 Å². The molecule has 1 aromatic heterocycles. The molecule has 4 N–H and O–H groups in total. The van der Waals surface area contributed by atoms with E-state index in [2.05, 4.69) is 14.7 Å². The van der Waals surface area contributed by atoms with Crippen LogP contribution in [-0.2, 0) is 23.1 Å². The van der Waals surface area contributed by atoms with E-state index in [9.17, 15) is 17.2 Å². The molecule has 0 saturated carbocycles. The standard InChI is InChI=1S/C11H12F2N4O2S/c12-9-1-2-10(11(13)8(9)3-14)20(18,19)17-5-7-4-15-6-16-7/h1-2,4,6,17H,3,5,14H2,(H,15,16). The minimum Gasteiger partial charge on any atom is -0.347 e. The molecular weight excluding hydrogens is 290 g/mol. The molecule has 0 unspecified atom stereocenters. The monoisotopic (exact) mass is 302 g/mol. The fourth-order valence-electron chi connectivity index (χ4n) is 1.60. The van der Waals surface area contributed by atoms with Crippen molar-refractivity contribution in [3.05, 3.63) is 47.5 Å². The van der Waals surface area contributed by atoms with Gasteiger partial charge in [0.15, 0.2) is 5.82 Å². The van der Waals surface area contributed by atoms with Crippen LogP contribution in [0.2, 0.25) is 0 Å². The predicted octanol–water partition coefficient (Wildman–Crippen LogP) is 0.625. The highest BCUT2D eigenvalue weighted by molar-refractivity contribution is 7.89. The van der Waals surface area contributed by atoms with Crippen LogP contribution in [0.15, 0.2) is 29.6 Å². The molecule has 0 atom stereocenters. The number of nitrogens with zero attached hydrogens (tertiary/aromatic N) is 1. The summed E-state index contributed by atoms with van der Waals surface area (Å²) in [6.45, 7) is -0.515. The van der Waals surface area contributed by atoms with Gasteiger partial charge in [0.05, 0.1) is 12.9 Å². The SMILES string of the molecule is NCc1c(F)ccc(S(=O)(=O)NCc2cnc[nH]2)c1F. The Morgan fingerprint density at radius 3 is 2.70 bits per heavy atom. The van der Waals surface area contributed by atoms with E-state index in [0.717, 1.165) is 12.1 Å². The van der Waals surface area contributed by atoms with E-state index < -0.39 is 38.7 Å². The number of hydrogen-bond acceptors (Lipinski definition) is 4. The van der Waals surface area contributed by atoms with E-state index >= 15 is 0 Å². The molecule has 0 spiro atoms. The maximum Gasteiger partial charge on any atom is 0.243 e. The summed E-state index contributed by atoms with van der Waals surface area (Å²) in [5, 5.41) is 0. The first-order chi connectivity index (χ1) is 9.45. The maximum absolute atomic E-state index is 13.9. The summed E-state index contributed by atoms with van der Waals surface area (Å²) in [6, 6.07) is 1.73. The van der Waals surface area contributed by atoms with Crippen molar-refractivity contribution in [1.29, 1.82) is 0 Å². The smallest absolute Gasteiger partial charge is 0.243 e. The first kappa shape index (κ1) is 14.6. The van der Waals surface area contributed by atoms with Gasteiger partial charge in [-0.05, 0) is 12.1 Å². The number of H-pyrrole nitrogens is 1. The van der Waals surface area contributed by atoms with Crippen LogP contribution >= 0.6 is 0 Å². The summed E-state index contributed by atoms with van der Waals surface area (Å²) in [5.74, 6) is -2.05. The third-order valence-corrected chi connectivity index (χ3v) is 4.07. The first-order valence-corrected chi connectivity index (χ1v) is 7.08. The first-order valence-electron chi connectivity index (χ1n) is 5.59. The molecule has 0 radical (unpaired) electrons. The number of hydrogen-bond donors (Lipinski definition) is 3. The Hall–Kier alpha value is -1.84. The molecule has 6 nitrogen and oxygen atoms in total. The quantitative estimate of drug-likeness (QED) is 0.754. The van der Waals surface area contributed by atoms with E-state index in [1.165, 1.54) is 12.5 Å². The summed E-state index contributed by atoms with van der Waals surface area (Å²) < 4.78 is 53.4. The number of sulfonamides is 1. The molecule has 0 aliphatic carbocycles. The van der Waals surface area contributed by atoms with E-state index in [-0.39, 0.29) is 6.54 Å². The zero-order chi connectivity index (χ0) is 14.8. The molecule has 0 aliphatic heterocycles. The number of halogens is 2. The molecule has 0 bridgehead atoms. The van der Waals surface area contributed by atoms with Gasteiger partial charge in [0.2, 0.25) is 10.0 Å². The van der Waals surface area contributed by atoms with Crippen molar-refractivity contribution in [3.8, 4) is 0 Å². The third-order valence-electron chi connectivity index (χ3n) is 2.65. The Kier molecular flexibility index (Phi) is 4.12. The van der Waals surface area contributed by atoms with Gasteiger partial charge in [0.1, 0.15) is 10.7 Å². The predicted molar refractivity (Wildman–Crippen MR) is 66.9 cm³/mol. The topological polar surface area (TPSA) is 101 Å². The lowest BCUT2D eigenvalue weighted by Crippen LogP contribution is -2.25. The van der Waals surface area contributed by atoms with Gasteiger partial charge in [-0.1, -0.05) is 0 Å². The minimum absolute atomic E-state index is 0.0862. The van der Waals surface area contributed by atoms with Crippen LogP contribution in [0.4, 0.5) is 8.78 Å². The van der Waals surface area contributed by atoms with Crippen molar-refractivity contribution in [1.82, 2.24) is 14.7 Å². The van der Waals surface area contributed by atoms with Crippen LogP contribution in [0.1, 0.15) is 11.3 Å². The molecule has 20 heavy (non-hydrogen) atoms. The number of benzene rings is 1. The normalized spacial score (nSPS) is 11.8. The second-order valence-corrected chi connectivity index (χ2v) is 5.68. The fourth-order valence-corrected chi connectivity index (χ4v) is 2.71. The van der Waals surface area contributed by atoms with Crippen molar-refractivity contribution in [2.45, 2.75) is 18.0 Å². The molecule has 0 amide bonds. The van der Waals surface area contributed by atoms with Gasteiger partial charge in [-0.3, -0.25) is 0 Å². The third kappa shape index (κ3) is 2.84. The van der Waals surface area contributed by atoms with E-state index in [0.29, 0.717) is 5.69 Å². The van der Waals surface area contributed by atoms with Crippen molar-refractivity contribution in [2.75, 3.05) is 0 Å². The van der Waals surface area contributed by atoms with Crippen molar-refractivity contribution in [3.63, 3.8) is 0 Å². The number of imidazole rings is 1. The number of nitrogens with one attached hydrogen (secondary N) is 2. The molecule has 0 saturated heterocycles. The van der Waals surface area contributed by atoms with Gasteiger partial charge >= 0.3 is 0 Å². The molecule has 0 fully saturated rings. The number of nitrogens with two attached hydrogens (primary N) is 1. The Labute approximate surface area is 114 Å². The summed E-state index contributed by atoms with van der Waals surface area (Å²) >= 11 is 0. The van der Waals surface area contributed by atoms with E-state index in [4.69, 9.17) is 5.73 Å². The summed E-state index contributed by atoms with van der Waals surface area (Å²) in [5.41, 5.74) is 5.25. The molecular formula is C11H12F2N4O2S. The Morgan fingerprint density at radius 1 is 1.35 bits per heavy atom.